The standard InChI is InChI=1S/C14H15ClO2S2/c1-17-14(16)11-5-3-10(4-6-11)12(15)9-13-18-7-2-8-19-13/h3-6,9,13H,2,7-8H2,1H3/b12-9+. The van der Waals surface area contributed by atoms with E-state index >= 15 is 0 Å². The van der Waals surface area contributed by atoms with Gasteiger partial charge in [0.15, 0.2) is 0 Å². The summed E-state index contributed by atoms with van der Waals surface area (Å²) >= 11 is 10.2. The van der Waals surface area contributed by atoms with Crippen molar-refractivity contribution in [2.75, 3.05) is 18.6 Å². The highest BCUT2D eigenvalue weighted by Crippen LogP contribution is 2.34. The lowest BCUT2D eigenvalue weighted by atomic mass is 10.1. The molecule has 1 aromatic rings. The first-order chi connectivity index (χ1) is 9.20. The van der Waals surface area contributed by atoms with Crippen LogP contribution in [0, 0.1) is 0 Å². The van der Waals surface area contributed by atoms with Crippen molar-refractivity contribution in [3.63, 3.8) is 0 Å². The van der Waals surface area contributed by atoms with Crippen molar-refractivity contribution in [2.24, 2.45) is 0 Å². The predicted molar refractivity (Wildman–Crippen MR) is 84.9 cm³/mol. The highest BCUT2D eigenvalue weighted by molar-refractivity contribution is 8.17. The van der Waals surface area contributed by atoms with Crippen LogP contribution in [0.1, 0.15) is 22.3 Å². The van der Waals surface area contributed by atoms with Gasteiger partial charge in [-0.1, -0.05) is 23.7 Å². The van der Waals surface area contributed by atoms with E-state index in [0.717, 1.165) is 10.6 Å². The molecule has 0 saturated carbocycles. The van der Waals surface area contributed by atoms with Crippen LogP contribution in [0.3, 0.4) is 0 Å². The summed E-state index contributed by atoms with van der Waals surface area (Å²) in [5.74, 6) is 2.06. The monoisotopic (exact) mass is 314 g/mol. The van der Waals surface area contributed by atoms with Crippen LogP contribution in [0.5, 0.6) is 0 Å². The molecule has 0 aliphatic carbocycles. The van der Waals surface area contributed by atoms with Crippen LogP contribution < -0.4 is 0 Å². The molecule has 102 valence electrons. The molecule has 1 saturated heterocycles. The molecule has 0 radical (unpaired) electrons. The van der Waals surface area contributed by atoms with Gasteiger partial charge in [-0.3, -0.25) is 0 Å². The third-order valence-corrected chi connectivity index (χ3v) is 5.86. The fraction of sp³-hybridized carbons (Fsp3) is 0.357. The number of carbonyl (C=O) groups excluding carboxylic acids is 1. The number of hydrogen-bond acceptors (Lipinski definition) is 4. The maximum atomic E-state index is 11.3. The van der Waals surface area contributed by atoms with Gasteiger partial charge in [-0.15, -0.1) is 23.5 Å². The van der Waals surface area contributed by atoms with Crippen molar-refractivity contribution in [1.29, 1.82) is 0 Å². The number of halogens is 1. The number of hydrogen-bond donors (Lipinski definition) is 0. The minimum atomic E-state index is -0.329. The van der Waals surface area contributed by atoms with E-state index < -0.39 is 0 Å². The summed E-state index contributed by atoms with van der Waals surface area (Å²) in [4.78, 5) is 11.3. The lowest BCUT2D eigenvalue weighted by molar-refractivity contribution is 0.0601. The van der Waals surface area contributed by atoms with Crippen molar-refractivity contribution < 1.29 is 9.53 Å². The first kappa shape index (κ1) is 14.8. The summed E-state index contributed by atoms with van der Waals surface area (Å²) in [5.41, 5.74) is 1.47. The number of carbonyl (C=O) groups is 1. The van der Waals surface area contributed by atoms with E-state index in [0.29, 0.717) is 10.1 Å². The van der Waals surface area contributed by atoms with E-state index in [1.54, 1.807) is 12.1 Å². The molecule has 0 aromatic heterocycles. The van der Waals surface area contributed by atoms with Gasteiger partial charge < -0.3 is 4.74 Å². The largest absolute Gasteiger partial charge is 0.465 e. The maximum Gasteiger partial charge on any atom is 0.337 e. The van der Waals surface area contributed by atoms with Gasteiger partial charge in [0.1, 0.15) is 0 Å². The van der Waals surface area contributed by atoms with Crippen LogP contribution in [0.2, 0.25) is 0 Å². The van der Waals surface area contributed by atoms with Crippen LogP contribution in [0.25, 0.3) is 5.03 Å². The second kappa shape index (κ2) is 7.27. The molecule has 19 heavy (non-hydrogen) atoms. The molecule has 0 N–H and O–H groups in total. The summed E-state index contributed by atoms with van der Waals surface area (Å²) in [5, 5.41) is 0.739. The second-order valence-corrected chi connectivity index (χ2v) is 7.25. The quantitative estimate of drug-likeness (QED) is 0.779. The Morgan fingerprint density at radius 2 is 1.84 bits per heavy atom. The van der Waals surface area contributed by atoms with Crippen LogP contribution in [0.15, 0.2) is 30.3 Å². The molecule has 2 rings (SSSR count). The fourth-order valence-corrected chi connectivity index (χ4v) is 4.80. The molecular weight excluding hydrogens is 300 g/mol. The molecule has 2 nitrogen and oxygen atoms in total. The molecule has 0 bridgehead atoms. The van der Waals surface area contributed by atoms with Crippen molar-refractivity contribution in [2.45, 2.75) is 11.0 Å². The molecule has 0 atom stereocenters. The van der Waals surface area contributed by atoms with Crippen LogP contribution >= 0.6 is 35.1 Å². The van der Waals surface area contributed by atoms with E-state index in [1.165, 1.54) is 25.0 Å². The first-order valence-electron chi connectivity index (χ1n) is 6.00. The van der Waals surface area contributed by atoms with E-state index in [9.17, 15) is 4.79 Å². The van der Waals surface area contributed by atoms with Gasteiger partial charge in [-0.25, -0.2) is 4.79 Å². The highest BCUT2D eigenvalue weighted by Gasteiger charge is 2.13. The van der Waals surface area contributed by atoms with Crippen molar-refractivity contribution in [1.82, 2.24) is 0 Å². The molecule has 1 fully saturated rings. The molecule has 1 heterocycles. The lowest BCUT2D eigenvalue weighted by Gasteiger charge is -2.17. The molecule has 5 heteroatoms. The molecule has 1 aliphatic rings. The average Bonchev–Trinajstić information content (AvgIpc) is 2.47. The first-order valence-corrected chi connectivity index (χ1v) is 8.47. The third-order valence-electron chi connectivity index (χ3n) is 2.72. The molecule has 0 unspecified atom stereocenters. The Bertz CT molecular complexity index is 465. The van der Waals surface area contributed by atoms with E-state index in [-0.39, 0.29) is 5.97 Å². The number of esters is 1. The Kier molecular flexibility index (Phi) is 5.67. The Morgan fingerprint density at radius 1 is 1.26 bits per heavy atom. The SMILES string of the molecule is COC(=O)c1ccc(/C(Cl)=C\C2SCCCS2)cc1. The maximum absolute atomic E-state index is 11.3. The Labute approximate surface area is 126 Å². The number of thioether (sulfide) groups is 2. The second-order valence-electron chi connectivity index (χ2n) is 4.05. The summed E-state index contributed by atoms with van der Waals surface area (Å²) in [6, 6.07) is 7.17. The molecular formula is C14H15ClO2S2. The topological polar surface area (TPSA) is 26.3 Å². The van der Waals surface area contributed by atoms with Crippen LogP contribution in [-0.4, -0.2) is 29.2 Å². The van der Waals surface area contributed by atoms with Crippen molar-refractivity contribution >= 4 is 46.1 Å². The zero-order chi connectivity index (χ0) is 13.7. The Balaban J connectivity index is 2.08. The normalized spacial score (nSPS) is 17.3. The van der Waals surface area contributed by atoms with Gasteiger partial charge in [-0.2, -0.15) is 0 Å². The molecule has 0 amide bonds. The number of methoxy groups -OCH3 is 1. The summed E-state index contributed by atoms with van der Waals surface area (Å²) < 4.78 is 5.10. The van der Waals surface area contributed by atoms with Gasteiger partial charge in [0.2, 0.25) is 0 Å². The highest BCUT2D eigenvalue weighted by atomic mass is 35.5. The van der Waals surface area contributed by atoms with Gasteiger partial charge in [0.25, 0.3) is 0 Å². The van der Waals surface area contributed by atoms with Gasteiger partial charge in [-0.05, 0) is 41.7 Å². The fourth-order valence-electron chi connectivity index (χ4n) is 1.70. The van der Waals surface area contributed by atoms with Gasteiger partial charge in [0, 0.05) is 5.03 Å². The predicted octanol–water partition coefficient (Wildman–Crippen LogP) is 4.25. The van der Waals surface area contributed by atoms with Crippen LogP contribution in [-0.2, 0) is 4.74 Å². The Hall–Kier alpha value is -0.580. The van der Waals surface area contributed by atoms with Crippen molar-refractivity contribution in [3.8, 4) is 0 Å². The van der Waals surface area contributed by atoms with E-state index in [2.05, 4.69) is 10.8 Å². The van der Waals surface area contributed by atoms with E-state index in [1.807, 2.05) is 35.7 Å². The number of ether oxygens (including phenoxy) is 1. The van der Waals surface area contributed by atoms with Crippen molar-refractivity contribution in [3.05, 3.63) is 41.5 Å². The number of rotatable bonds is 3. The Morgan fingerprint density at radius 3 is 2.42 bits per heavy atom. The zero-order valence-electron chi connectivity index (χ0n) is 10.6. The smallest absolute Gasteiger partial charge is 0.337 e. The number of benzene rings is 1. The summed E-state index contributed by atoms with van der Waals surface area (Å²) in [7, 11) is 1.38. The zero-order valence-corrected chi connectivity index (χ0v) is 13.0. The molecule has 1 aromatic carbocycles. The summed E-state index contributed by atoms with van der Waals surface area (Å²) in [6.07, 6.45) is 3.36. The molecule has 0 spiro atoms. The van der Waals surface area contributed by atoms with Gasteiger partial charge >= 0.3 is 5.97 Å². The summed E-state index contributed by atoms with van der Waals surface area (Å²) in [6.45, 7) is 0. The van der Waals surface area contributed by atoms with Gasteiger partial charge in [0.05, 0.1) is 17.3 Å². The lowest BCUT2D eigenvalue weighted by Crippen LogP contribution is -2.04. The minimum absolute atomic E-state index is 0.329. The van der Waals surface area contributed by atoms with E-state index in [4.69, 9.17) is 11.6 Å². The average molecular weight is 315 g/mol. The van der Waals surface area contributed by atoms with Crippen LogP contribution in [0.4, 0.5) is 0 Å². The molecule has 1 aliphatic heterocycles. The minimum Gasteiger partial charge on any atom is -0.465 e. The third kappa shape index (κ3) is 4.20.